The lowest BCUT2D eigenvalue weighted by molar-refractivity contribution is -0.120. The first-order chi connectivity index (χ1) is 11.3. The van der Waals surface area contributed by atoms with Crippen molar-refractivity contribution in [3.05, 3.63) is 29.3 Å². The second kappa shape index (κ2) is 9.87. The van der Waals surface area contributed by atoms with E-state index in [-0.39, 0.29) is 30.8 Å². The summed E-state index contributed by atoms with van der Waals surface area (Å²) in [5, 5.41) is 2.92. The molecule has 0 unspecified atom stereocenters. The number of carbonyl (C=O) groups excluding carboxylic acids is 1. The van der Waals surface area contributed by atoms with Gasteiger partial charge in [0.2, 0.25) is 5.91 Å². The molecule has 0 bridgehead atoms. The molecule has 1 aromatic carbocycles. The lowest BCUT2D eigenvalue weighted by Crippen LogP contribution is -2.30. The third-order valence-corrected chi connectivity index (χ3v) is 3.60. The Labute approximate surface area is 149 Å². The molecule has 0 aromatic heterocycles. The second-order valence-electron chi connectivity index (χ2n) is 6.57. The lowest BCUT2D eigenvalue weighted by atomic mass is 9.85. The van der Waals surface area contributed by atoms with Crippen LogP contribution in [0.1, 0.15) is 44.9 Å². The minimum atomic E-state index is -0.328. The summed E-state index contributed by atoms with van der Waals surface area (Å²) in [6, 6.07) is 5.69. The largest absolute Gasteiger partial charge is 0.492 e. The summed E-state index contributed by atoms with van der Waals surface area (Å²) in [4.78, 5) is 11.6. The molecule has 0 saturated heterocycles. The quantitative estimate of drug-likeness (QED) is 0.418. The Morgan fingerprint density at radius 2 is 2.04 bits per heavy atom. The minimum absolute atomic E-state index is 0.0199. The van der Waals surface area contributed by atoms with Crippen molar-refractivity contribution >= 4 is 17.5 Å². The molecule has 1 N–H and O–H groups in total. The molecular weight excluding hydrogens is 330 g/mol. The summed E-state index contributed by atoms with van der Waals surface area (Å²) in [6.45, 7) is 8.75. The maximum absolute atomic E-state index is 11.6. The highest BCUT2D eigenvalue weighted by atomic mass is 35.5. The summed E-state index contributed by atoms with van der Waals surface area (Å²) < 4.78 is 16.1. The van der Waals surface area contributed by atoms with E-state index >= 15 is 0 Å². The summed E-state index contributed by atoms with van der Waals surface area (Å²) in [5.41, 5.74) is 2.00. The van der Waals surface area contributed by atoms with E-state index in [2.05, 4.69) is 32.2 Å². The van der Waals surface area contributed by atoms with Gasteiger partial charge in [0.1, 0.15) is 19.1 Å². The van der Waals surface area contributed by atoms with Crippen molar-refractivity contribution in [2.24, 2.45) is 0 Å². The fourth-order valence-corrected chi connectivity index (χ4v) is 2.35. The van der Waals surface area contributed by atoms with Gasteiger partial charge in [0, 0.05) is 19.6 Å². The van der Waals surface area contributed by atoms with Gasteiger partial charge in [-0.05, 0) is 23.1 Å². The molecule has 136 valence electrons. The van der Waals surface area contributed by atoms with Gasteiger partial charge in [-0.2, -0.15) is 0 Å². The summed E-state index contributed by atoms with van der Waals surface area (Å²) in [7, 11) is 1.56. The molecule has 1 rings (SSSR count). The number of hydrogen-bond donors (Lipinski definition) is 1. The number of ether oxygens (including phenoxy) is 3. The van der Waals surface area contributed by atoms with Crippen LogP contribution in [0.5, 0.6) is 5.75 Å². The average molecular weight is 358 g/mol. The third-order valence-electron chi connectivity index (χ3n) is 3.45. The highest BCUT2D eigenvalue weighted by Crippen LogP contribution is 2.32. The molecule has 0 aliphatic rings. The van der Waals surface area contributed by atoms with Gasteiger partial charge in [-0.3, -0.25) is 4.79 Å². The van der Waals surface area contributed by atoms with Crippen molar-refractivity contribution < 1.29 is 19.0 Å². The van der Waals surface area contributed by atoms with Gasteiger partial charge >= 0.3 is 0 Å². The zero-order valence-electron chi connectivity index (χ0n) is 15.1. The van der Waals surface area contributed by atoms with Crippen molar-refractivity contribution in [2.75, 3.05) is 33.0 Å². The number of rotatable bonds is 9. The smallest absolute Gasteiger partial charge is 0.217 e. The van der Waals surface area contributed by atoms with Crippen LogP contribution in [0.2, 0.25) is 0 Å². The van der Waals surface area contributed by atoms with Crippen LogP contribution >= 0.6 is 11.6 Å². The molecule has 0 aliphatic heterocycles. The first-order valence-corrected chi connectivity index (χ1v) is 8.50. The molecule has 6 heteroatoms. The van der Waals surface area contributed by atoms with E-state index in [9.17, 15) is 4.79 Å². The summed E-state index contributed by atoms with van der Waals surface area (Å²) in [6.07, 6.45) is 0. The maximum Gasteiger partial charge on any atom is 0.217 e. The number of halogens is 1. The van der Waals surface area contributed by atoms with Crippen molar-refractivity contribution in [2.45, 2.75) is 39.2 Å². The highest BCUT2D eigenvalue weighted by molar-refractivity contribution is 6.18. The van der Waals surface area contributed by atoms with Crippen molar-refractivity contribution in [3.8, 4) is 5.75 Å². The van der Waals surface area contributed by atoms with Gasteiger partial charge in [0.05, 0.1) is 18.5 Å². The molecule has 0 aliphatic carbocycles. The van der Waals surface area contributed by atoms with Gasteiger partial charge in [0.15, 0.2) is 0 Å². The minimum Gasteiger partial charge on any atom is -0.492 e. The number of carbonyl (C=O) groups is 1. The van der Waals surface area contributed by atoms with Gasteiger partial charge in [-0.15, -0.1) is 11.6 Å². The molecule has 0 heterocycles. The zero-order valence-corrected chi connectivity index (χ0v) is 15.9. The number of benzene rings is 1. The monoisotopic (exact) mass is 357 g/mol. The topological polar surface area (TPSA) is 56.8 Å². The Morgan fingerprint density at radius 3 is 2.58 bits per heavy atom. The van der Waals surface area contributed by atoms with E-state index in [1.165, 1.54) is 6.92 Å². The Bertz CT molecular complexity index is 528. The number of alkyl halides is 1. The van der Waals surface area contributed by atoms with Crippen LogP contribution in [0.25, 0.3) is 0 Å². The average Bonchev–Trinajstić information content (AvgIpc) is 2.50. The molecule has 0 spiro atoms. The SMILES string of the molecule is COCOC[C@@H](NC(C)=O)c1cc(C(C)(C)C)ccc1OCCCl. The molecule has 24 heavy (non-hydrogen) atoms. The van der Waals surface area contributed by atoms with Gasteiger partial charge in [-0.25, -0.2) is 0 Å². The Balaban J connectivity index is 3.20. The van der Waals surface area contributed by atoms with Crippen molar-refractivity contribution in [3.63, 3.8) is 0 Å². The molecule has 1 amide bonds. The molecule has 0 fully saturated rings. The molecular formula is C18H28ClNO4. The van der Waals surface area contributed by atoms with E-state index in [1.807, 2.05) is 12.1 Å². The predicted molar refractivity (Wildman–Crippen MR) is 95.7 cm³/mol. The standard InChI is InChI=1S/C18H28ClNO4/c1-13(21)20-16(11-23-12-22-5)15-10-14(18(2,3)4)6-7-17(15)24-9-8-19/h6-7,10,16H,8-9,11-12H2,1-5H3,(H,20,21)/t16-/m1/s1. The van der Waals surface area contributed by atoms with Crippen LogP contribution in [0.3, 0.4) is 0 Å². The van der Waals surface area contributed by atoms with Crippen molar-refractivity contribution in [1.82, 2.24) is 5.32 Å². The Morgan fingerprint density at radius 1 is 1.33 bits per heavy atom. The third kappa shape index (κ3) is 6.67. The molecule has 1 atom stereocenters. The first-order valence-electron chi connectivity index (χ1n) is 7.96. The van der Waals surface area contributed by atoms with E-state index in [1.54, 1.807) is 7.11 Å². The van der Waals surface area contributed by atoms with Crippen LogP contribution in [0.15, 0.2) is 18.2 Å². The van der Waals surface area contributed by atoms with Crippen molar-refractivity contribution in [1.29, 1.82) is 0 Å². The van der Waals surface area contributed by atoms with Crippen LogP contribution < -0.4 is 10.1 Å². The molecule has 5 nitrogen and oxygen atoms in total. The highest BCUT2D eigenvalue weighted by Gasteiger charge is 2.22. The van der Waals surface area contributed by atoms with Crippen LogP contribution in [0.4, 0.5) is 0 Å². The normalized spacial score (nSPS) is 12.8. The first kappa shape index (κ1) is 20.7. The van der Waals surface area contributed by atoms with Gasteiger partial charge in [-0.1, -0.05) is 26.8 Å². The summed E-state index contributed by atoms with van der Waals surface area (Å²) in [5.74, 6) is 0.958. The van der Waals surface area contributed by atoms with Crippen LogP contribution in [-0.2, 0) is 19.7 Å². The fraction of sp³-hybridized carbons (Fsp3) is 0.611. The van der Waals surface area contributed by atoms with E-state index in [0.717, 1.165) is 11.1 Å². The van der Waals surface area contributed by atoms with E-state index in [0.29, 0.717) is 18.2 Å². The zero-order chi connectivity index (χ0) is 18.2. The number of amides is 1. The lowest BCUT2D eigenvalue weighted by Gasteiger charge is -2.25. The Hall–Kier alpha value is -1.30. The van der Waals surface area contributed by atoms with E-state index < -0.39 is 0 Å². The molecule has 0 radical (unpaired) electrons. The maximum atomic E-state index is 11.6. The second-order valence-corrected chi connectivity index (χ2v) is 6.95. The summed E-state index contributed by atoms with van der Waals surface area (Å²) >= 11 is 5.74. The fourth-order valence-electron chi connectivity index (χ4n) is 2.27. The van der Waals surface area contributed by atoms with Gasteiger partial charge < -0.3 is 19.5 Å². The van der Waals surface area contributed by atoms with Crippen LogP contribution in [0, 0.1) is 0 Å². The molecule has 0 saturated carbocycles. The number of nitrogens with one attached hydrogen (secondary N) is 1. The molecule has 1 aromatic rings. The number of hydrogen-bond acceptors (Lipinski definition) is 4. The predicted octanol–water partition coefficient (Wildman–Crippen LogP) is 3.40. The Kier molecular flexibility index (Phi) is 8.53. The number of methoxy groups -OCH3 is 1. The van der Waals surface area contributed by atoms with Gasteiger partial charge in [0.25, 0.3) is 0 Å². The van der Waals surface area contributed by atoms with Crippen LogP contribution in [-0.4, -0.2) is 38.9 Å². The van der Waals surface area contributed by atoms with E-state index in [4.69, 9.17) is 25.8 Å².